The molecule has 0 atom stereocenters. The van der Waals surface area contributed by atoms with E-state index in [1.807, 2.05) is 63.5 Å². The third kappa shape index (κ3) is 5.25. The molecule has 1 amide bonds. The van der Waals surface area contributed by atoms with Crippen molar-refractivity contribution >= 4 is 45.6 Å². The van der Waals surface area contributed by atoms with Gasteiger partial charge in [0.25, 0.3) is 5.91 Å². The zero-order valence-corrected chi connectivity index (χ0v) is 21.2. The van der Waals surface area contributed by atoms with Crippen LogP contribution in [0.5, 0.6) is 0 Å². The smallest absolute Gasteiger partial charge is 0.267 e. The Kier molecular flexibility index (Phi) is 6.72. The second kappa shape index (κ2) is 10.2. The molecule has 0 radical (unpaired) electrons. The van der Waals surface area contributed by atoms with Crippen LogP contribution in [0.2, 0.25) is 0 Å². The molecule has 0 aliphatic carbocycles. The van der Waals surface area contributed by atoms with Gasteiger partial charge in [-0.05, 0) is 44.0 Å². The third-order valence-electron chi connectivity index (χ3n) is 5.99. The number of piperazine rings is 1. The average Bonchev–Trinajstić information content (AvgIpc) is 3.35. The Balaban J connectivity index is 1.25. The van der Waals surface area contributed by atoms with Gasteiger partial charge >= 0.3 is 0 Å². The van der Waals surface area contributed by atoms with Crippen LogP contribution in [-0.4, -0.2) is 57.0 Å². The highest BCUT2D eigenvalue weighted by molar-refractivity contribution is 7.17. The summed E-state index contributed by atoms with van der Waals surface area (Å²) in [5.74, 6) is 1.45. The summed E-state index contributed by atoms with van der Waals surface area (Å²) < 4.78 is 0. The van der Waals surface area contributed by atoms with Crippen LogP contribution in [0, 0.1) is 20.8 Å². The fraction of sp³-hybridized carbons (Fsp3) is 0.280. The van der Waals surface area contributed by atoms with Gasteiger partial charge in [-0.25, -0.2) is 4.98 Å². The lowest BCUT2D eigenvalue weighted by Gasteiger charge is -2.36. The molecule has 1 saturated heterocycles. The van der Waals surface area contributed by atoms with Gasteiger partial charge in [-0.15, -0.1) is 0 Å². The predicted octanol–water partition coefficient (Wildman–Crippen LogP) is 3.97. The number of carbonyl (C=O) groups excluding carboxylic acids is 1. The zero-order chi connectivity index (χ0) is 25.1. The first kappa shape index (κ1) is 23.6. The quantitative estimate of drug-likeness (QED) is 0.405. The van der Waals surface area contributed by atoms with E-state index >= 15 is 0 Å². The highest BCUT2D eigenvalue weighted by atomic mass is 32.1. The van der Waals surface area contributed by atoms with Gasteiger partial charge in [0.15, 0.2) is 5.13 Å². The summed E-state index contributed by atoms with van der Waals surface area (Å²) in [6.45, 7) is 9.11. The van der Waals surface area contributed by atoms with Gasteiger partial charge in [0.05, 0.1) is 6.20 Å². The van der Waals surface area contributed by atoms with Gasteiger partial charge in [0.1, 0.15) is 10.7 Å². The number of nitrogens with one attached hydrogen (secondary N) is 2. The van der Waals surface area contributed by atoms with Crippen molar-refractivity contribution in [2.24, 2.45) is 0 Å². The molecule has 1 fully saturated rings. The Morgan fingerprint density at radius 2 is 1.61 bits per heavy atom. The molecule has 4 heterocycles. The number of carbonyl (C=O) groups is 1. The lowest BCUT2D eigenvalue weighted by Crippen LogP contribution is -2.47. The number of nitrogens with zero attached hydrogens (tertiary/aromatic N) is 7. The minimum Gasteiger partial charge on any atom is -0.368 e. The number of rotatable bonds is 6. The summed E-state index contributed by atoms with van der Waals surface area (Å²) in [5.41, 5.74) is 4.02. The van der Waals surface area contributed by atoms with Gasteiger partial charge in [-0.1, -0.05) is 29.5 Å². The van der Waals surface area contributed by atoms with E-state index in [1.54, 1.807) is 6.20 Å². The molecule has 1 aromatic carbocycles. The minimum atomic E-state index is -0.197. The van der Waals surface area contributed by atoms with Crippen LogP contribution in [-0.2, 0) is 0 Å². The Morgan fingerprint density at radius 1 is 0.917 bits per heavy atom. The fourth-order valence-corrected chi connectivity index (χ4v) is 4.81. The van der Waals surface area contributed by atoms with Crippen molar-refractivity contribution in [3.05, 3.63) is 70.8 Å². The number of hydrogen-bond donors (Lipinski definition) is 2. The second-order valence-corrected chi connectivity index (χ2v) is 9.59. The maximum Gasteiger partial charge on any atom is 0.267 e. The first-order valence-electron chi connectivity index (χ1n) is 11.7. The number of aryl methyl sites for hydroxylation is 3. The molecule has 3 aromatic heterocycles. The van der Waals surface area contributed by atoms with Crippen molar-refractivity contribution in [3.63, 3.8) is 0 Å². The van der Waals surface area contributed by atoms with E-state index in [4.69, 9.17) is 0 Å². The van der Waals surface area contributed by atoms with E-state index in [9.17, 15) is 4.79 Å². The normalized spacial score (nSPS) is 13.5. The van der Waals surface area contributed by atoms with Crippen LogP contribution in [0.4, 0.5) is 28.4 Å². The average molecular weight is 502 g/mol. The monoisotopic (exact) mass is 501 g/mol. The molecule has 4 aromatic rings. The first-order chi connectivity index (χ1) is 17.5. The molecule has 0 unspecified atom stereocenters. The molecule has 11 heteroatoms. The number of para-hydroxylation sites is 1. The molecule has 0 saturated carbocycles. The van der Waals surface area contributed by atoms with Gasteiger partial charge in [-0.3, -0.25) is 15.1 Å². The zero-order valence-electron chi connectivity index (χ0n) is 20.4. The number of hydrogen-bond acceptors (Lipinski definition) is 10. The van der Waals surface area contributed by atoms with Crippen LogP contribution in [0.15, 0.2) is 48.9 Å². The Hall–Kier alpha value is -4.12. The van der Waals surface area contributed by atoms with Crippen molar-refractivity contribution in [1.82, 2.24) is 24.9 Å². The van der Waals surface area contributed by atoms with Crippen molar-refractivity contribution in [2.45, 2.75) is 20.8 Å². The molecule has 36 heavy (non-hydrogen) atoms. The predicted molar refractivity (Wildman–Crippen MR) is 142 cm³/mol. The summed E-state index contributed by atoms with van der Waals surface area (Å²) in [7, 11) is 0. The standard InChI is InChI=1S/C25H27N9OS/c1-16-5-4-6-17(2)21(16)30-22(35)20-15-27-25(36-20)32-23-28-18(3)29-24(31-23)34-13-11-33(12-14-34)19-7-9-26-10-8-19/h4-10,15H,11-14H2,1-3H3,(H,30,35)(H,27,28,29,31,32). The lowest BCUT2D eigenvalue weighted by atomic mass is 10.1. The van der Waals surface area contributed by atoms with Gasteiger partial charge in [-0.2, -0.15) is 15.0 Å². The Bertz CT molecular complexity index is 1350. The second-order valence-electron chi connectivity index (χ2n) is 8.56. The molecule has 0 bridgehead atoms. The Morgan fingerprint density at radius 3 is 2.33 bits per heavy atom. The SMILES string of the molecule is Cc1nc(Nc2ncc(C(=O)Nc3c(C)cccc3C)s2)nc(N2CCN(c3ccncc3)CC2)n1. The van der Waals surface area contributed by atoms with Crippen molar-refractivity contribution in [2.75, 3.05) is 46.6 Å². The topological polar surface area (TPSA) is 112 Å². The number of anilines is 5. The van der Waals surface area contributed by atoms with E-state index in [-0.39, 0.29) is 5.91 Å². The maximum absolute atomic E-state index is 12.8. The largest absolute Gasteiger partial charge is 0.368 e. The van der Waals surface area contributed by atoms with Gasteiger partial charge < -0.3 is 15.1 Å². The molecule has 1 aliphatic heterocycles. The van der Waals surface area contributed by atoms with Crippen LogP contribution >= 0.6 is 11.3 Å². The van der Waals surface area contributed by atoms with Crippen LogP contribution in [0.25, 0.3) is 0 Å². The van der Waals surface area contributed by atoms with Crippen molar-refractivity contribution in [1.29, 1.82) is 0 Å². The van der Waals surface area contributed by atoms with Crippen molar-refractivity contribution < 1.29 is 4.79 Å². The highest BCUT2D eigenvalue weighted by Crippen LogP contribution is 2.25. The molecule has 10 nitrogen and oxygen atoms in total. The molecule has 184 valence electrons. The number of thiazole rings is 1. The van der Waals surface area contributed by atoms with E-state index in [0.29, 0.717) is 27.7 Å². The molecule has 5 rings (SSSR count). The van der Waals surface area contributed by atoms with E-state index in [0.717, 1.165) is 43.0 Å². The molecule has 2 N–H and O–H groups in total. The van der Waals surface area contributed by atoms with E-state index in [2.05, 4.69) is 45.4 Å². The highest BCUT2D eigenvalue weighted by Gasteiger charge is 2.21. The number of benzene rings is 1. The molecule has 0 spiro atoms. The Labute approximate surface area is 213 Å². The van der Waals surface area contributed by atoms with Crippen molar-refractivity contribution in [3.8, 4) is 0 Å². The van der Waals surface area contributed by atoms with Crippen LogP contribution < -0.4 is 20.4 Å². The third-order valence-corrected chi connectivity index (χ3v) is 6.91. The number of amides is 1. The number of aromatic nitrogens is 5. The summed E-state index contributed by atoms with van der Waals surface area (Å²) in [6.07, 6.45) is 5.18. The summed E-state index contributed by atoms with van der Waals surface area (Å²) in [6, 6.07) is 9.97. The van der Waals surface area contributed by atoms with E-state index in [1.165, 1.54) is 17.0 Å². The maximum atomic E-state index is 12.8. The van der Waals surface area contributed by atoms with Gasteiger partial charge in [0, 0.05) is 49.9 Å². The number of pyridine rings is 1. The fourth-order valence-electron chi connectivity index (χ4n) is 4.10. The van der Waals surface area contributed by atoms with E-state index < -0.39 is 0 Å². The summed E-state index contributed by atoms with van der Waals surface area (Å²) in [4.78, 5) is 39.8. The minimum absolute atomic E-state index is 0.197. The summed E-state index contributed by atoms with van der Waals surface area (Å²) >= 11 is 1.25. The molecular weight excluding hydrogens is 474 g/mol. The first-order valence-corrected chi connectivity index (χ1v) is 12.5. The van der Waals surface area contributed by atoms with Crippen LogP contribution in [0.1, 0.15) is 26.6 Å². The van der Waals surface area contributed by atoms with Gasteiger partial charge in [0.2, 0.25) is 11.9 Å². The lowest BCUT2D eigenvalue weighted by molar-refractivity contribution is 0.103. The molecular formula is C25H27N9OS. The summed E-state index contributed by atoms with van der Waals surface area (Å²) in [5, 5.41) is 6.68. The molecule has 1 aliphatic rings. The van der Waals surface area contributed by atoms with Crippen LogP contribution in [0.3, 0.4) is 0 Å².